The SMILES string of the molecule is Cc1cc(C(=O)n2nc(N)cc2C2CCOCC2)c(C)n1C(C)C. The topological polar surface area (TPSA) is 75.1 Å². The maximum atomic E-state index is 13.1. The van der Waals surface area contributed by atoms with Gasteiger partial charge in [0.2, 0.25) is 0 Å². The first-order valence-corrected chi connectivity index (χ1v) is 8.56. The Morgan fingerprint density at radius 2 is 1.96 bits per heavy atom. The van der Waals surface area contributed by atoms with Crippen LogP contribution in [0.5, 0.6) is 0 Å². The van der Waals surface area contributed by atoms with Gasteiger partial charge in [0.25, 0.3) is 5.91 Å². The zero-order valence-electron chi connectivity index (χ0n) is 14.9. The van der Waals surface area contributed by atoms with Gasteiger partial charge >= 0.3 is 0 Å². The van der Waals surface area contributed by atoms with E-state index in [9.17, 15) is 4.79 Å². The molecular formula is C18H26N4O2. The molecule has 1 fully saturated rings. The first-order chi connectivity index (χ1) is 11.4. The summed E-state index contributed by atoms with van der Waals surface area (Å²) in [6.45, 7) is 9.68. The van der Waals surface area contributed by atoms with Crippen molar-refractivity contribution in [3.8, 4) is 0 Å². The van der Waals surface area contributed by atoms with Gasteiger partial charge in [-0.15, -0.1) is 5.10 Å². The van der Waals surface area contributed by atoms with Gasteiger partial charge in [-0.3, -0.25) is 4.79 Å². The van der Waals surface area contributed by atoms with Gasteiger partial charge < -0.3 is 15.0 Å². The van der Waals surface area contributed by atoms with Crippen LogP contribution in [0.25, 0.3) is 0 Å². The van der Waals surface area contributed by atoms with Crippen molar-refractivity contribution < 1.29 is 9.53 Å². The average Bonchev–Trinajstić information content (AvgIpc) is 3.07. The quantitative estimate of drug-likeness (QED) is 0.938. The number of nitrogens with zero attached hydrogens (tertiary/aromatic N) is 3. The predicted molar refractivity (Wildman–Crippen MR) is 93.5 cm³/mol. The Hall–Kier alpha value is -2.08. The minimum Gasteiger partial charge on any atom is -0.382 e. The van der Waals surface area contributed by atoms with Crippen molar-refractivity contribution in [2.75, 3.05) is 18.9 Å². The highest BCUT2D eigenvalue weighted by molar-refractivity contribution is 5.97. The monoisotopic (exact) mass is 330 g/mol. The number of ether oxygens (including phenoxy) is 1. The van der Waals surface area contributed by atoms with Crippen molar-refractivity contribution in [2.24, 2.45) is 0 Å². The van der Waals surface area contributed by atoms with Crippen LogP contribution in [0.1, 0.15) is 66.1 Å². The molecule has 1 saturated heterocycles. The van der Waals surface area contributed by atoms with E-state index in [0.717, 1.165) is 29.9 Å². The van der Waals surface area contributed by atoms with Gasteiger partial charge in [-0.1, -0.05) is 0 Å². The van der Waals surface area contributed by atoms with Gasteiger partial charge in [0.1, 0.15) is 5.82 Å². The van der Waals surface area contributed by atoms with Gasteiger partial charge in [0, 0.05) is 42.6 Å². The zero-order chi connectivity index (χ0) is 17.4. The Morgan fingerprint density at radius 3 is 2.54 bits per heavy atom. The summed E-state index contributed by atoms with van der Waals surface area (Å²) < 4.78 is 9.10. The maximum Gasteiger partial charge on any atom is 0.280 e. The minimum atomic E-state index is -0.104. The lowest BCUT2D eigenvalue weighted by atomic mass is 9.96. The summed E-state index contributed by atoms with van der Waals surface area (Å²) in [7, 11) is 0. The number of carbonyl (C=O) groups excluding carboxylic acids is 1. The van der Waals surface area contributed by atoms with Gasteiger partial charge in [-0.25, -0.2) is 0 Å². The van der Waals surface area contributed by atoms with Gasteiger partial charge in [0.15, 0.2) is 0 Å². The lowest BCUT2D eigenvalue weighted by Crippen LogP contribution is -2.22. The highest BCUT2D eigenvalue weighted by Gasteiger charge is 2.26. The molecule has 0 atom stereocenters. The summed E-state index contributed by atoms with van der Waals surface area (Å²) in [5.74, 6) is 0.553. The Bertz CT molecular complexity index is 751. The second-order valence-corrected chi connectivity index (χ2v) is 6.85. The molecule has 2 N–H and O–H groups in total. The van der Waals surface area contributed by atoms with E-state index in [-0.39, 0.29) is 11.8 Å². The van der Waals surface area contributed by atoms with Crippen molar-refractivity contribution in [3.05, 3.63) is 34.8 Å². The molecule has 3 heterocycles. The molecule has 1 aliphatic rings. The standard InChI is InChI=1S/C18H26N4O2/c1-11(2)21-12(3)9-15(13(21)4)18(23)22-16(10-17(19)20-22)14-5-7-24-8-6-14/h9-11,14H,5-8H2,1-4H3,(H2,19,20). The van der Waals surface area contributed by atoms with Crippen molar-refractivity contribution in [2.45, 2.75) is 52.5 Å². The molecule has 0 aromatic carbocycles. The van der Waals surface area contributed by atoms with E-state index in [1.165, 1.54) is 4.68 Å². The average molecular weight is 330 g/mol. The highest BCUT2D eigenvalue weighted by atomic mass is 16.5. The first kappa shape index (κ1) is 16.8. The van der Waals surface area contributed by atoms with E-state index in [2.05, 4.69) is 23.5 Å². The normalized spacial score (nSPS) is 16.0. The highest BCUT2D eigenvalue weighted by Crippen LogP contribution is 2.29. The van der Waals surface area contributed by atoms with E-state index >= 15 is 0 Å². The Kier molecular flexibility index (Phi) is 4.49. The molecule has 24 heavy (non-hydrogen) atoms. The van der Waals surface area contributed by atoms with E-state index in [1.807, 2.05) is 26.0 Å². The number of carbonyl (C=O) groups is 1. The van der Waals surface area contributed by atoms with Crippen LogP contribution >= 0.6 is 0 Å². The van der Waals surface area contributed by atoms with Crippen molar-refractivity contribution in [1.82, 2.24) is 14.3 Å². The second kappa shape index (κ2) is 6.43. The van der Waals surface area contributed by atoms with Crippen LogP contribution in [0.4, 0.5) is 5.82 Å². The summed E-state index contributed by atoms with van der Waals surface area (Å²) in [5.41, 5.74) is 9.55. The van der Waals surface area contributed by atoms with Gasteiger partial charge in [-0.05, 0) is 46.6 Å². The van der Waals surface area contributed by atoms with E-state index < -0.39 is 0 Å². The third-order valence-electron chi connectivity index (χ3n) is 4.82. The summed E-state index contributed by atoms with van der Waals surface area (Å²) in [5, 5.41) is 4.28. The summed E-state index contributed by atoms with van der Waals surface area (Å²) in [4.78, 5) is 13.1. The van der Waals surface area contributed by atoms with Crippen LogP contribution < -0.4 is 5.73 Å². The Morgan fingerprint density at radius 1 is 1.29 bits per heavy atom. The Balaban J connectivity index is 2.01. The van der Waals surface area contributed by atoms with Crippen LogP contribution in [0.15, 0.2) is 12.1 Å². The molecule has 0 spiro atoms. The summed E-state index contributed by atoms with van der Waals surface area (Å²) in [6.07, 6.45) is 1.78. The van der Waals surface area contributed by atoms with Crippen molar-refractivity contribution in [3.63, 3.8) is 0 Å². The van der Waals surface area contributed by atoms with E-state index in [4.69, 9.17) is 10.5 Å². The van der Waals surface area contributed by atoms with Crippen LogP contribution in [-0.4, -0.2) is 33.5 Å². The molecule has 130 valence electrons. The fourth-order valence-electron chi connectivity index (χ4n) is 3.76. The number of hydrogen-bond donors (Lipinski definition) is 1. The lowest BCUT2D eigenvalue weighted by molar-refractivity contribution is 0.0809. The fourth-order valence-corrected chi connectivity index (χ4v) is 3.76. The molecule has 2 aromatic heterocycles. The smallest absolute Gasteiger partial charge is 0.280 e. The minimum absolute atomic E-state index is 0.104. The molecule has 0 unspecified atom stereocenters. The molecule has 0 amide bonds. The van der Waals surface area contributed by atoms with Crippen LogP contribution in [0.3, 0.4) is 0 Å². The van der Waals surface area contributed by atoms with Gasteiger partial charge in [0.05, 0.1) is 11.3 Å². The predicted octanol–water partition coefficient (Wildman–Crippen LogP) is 3.05. The number of aromatic nitrogens is 3. The maximum absolute atomic E-state index is 13.1. The molecule has 0 bridgehead atoms. The van der Waals surface area contributed by atoms with E-state index in [1.54, 1.807) is 0 Å². The van der Waals surface area contributed by atoms with E-state index in [0.29, 0.717) is 30.6 Å². The number of rotatable bonds is 3. The van der Waals surface area contributed by atoms with Crippen molar-refractivity contribution in [1.29, 1.82) is 0 Å². The lowest BCUT2D eigenvalue weighted by Gasteiger charge is -2.22. The number of nitrogens with two attached hydrogens (primary N) is 1. The number of aryl methyl sites for hydroxylation is 1. The van der Waals surface area contributed by atoms with Crippen LogP contribution in [-0.2, 0) is 4.74 Å². The van der Waals surface area contributed by atoms with Crippen molar-refractivity contribution >= 4 is 11.7 Å². The molecule has 0 radical (unpaired) electrons. The third-order valence-corrected chi connectivity index (χ3v) is 4.82. The van der Waals surface area contributed by atoms with Crippen LogP contribution in [0.2, 0.25) is 0 Å². The molecular weight excluding hydrogens is 304 g/mol. The summed E-state index contributed by atoms with van der Waals surface area (Å²) in [6, 6.07) is 4.09. The Labute approximate surface area is 142 Å². The zero-order valence-corrected chi connectivity index (χ0v) is 14.9. The molecule has 1 aliphatic heterocycles. The van der Waals surface area contributed by atoms with Crippen LogP contribution in [0, 0.1) is 13.8 Å². The molecule has 0 aliphatic carbocycles. The molecule has 3 rings (SSSR count). The largest absolute Gasteiger partial charge is 0.382 e. The number of nitrogen functional groups attached to an aromatic ring is 1. The molecule has 6 nitrogen and oxygen atoms in total. The van der Waals surface area contributed by atoms with Gasteiger partial charge in [-0.2, -0.15) is 4.68 Å². The molecule has 2 aromatic rings. The molecule has 6 heteroatoms. The first-order valence-electron chi connectivity index (χ1n) is 8.56. The number of anilines is 1. The second-order valence-electron chi connectivity index (χ2n) is 6.85. The fraction of sp³-hybridized carbons (Fsp3) is 0.556. The number of hydrogen-bond acceptors (Lipinski definition) is 4. The summed E-state index contributed by atoms with van der Waals surface area (Å²) >= 11 is 0. The third kappa shape index (κ3) is 2.86. The molecule has 0 saturated carbocycles.